The number of hydrazone groups is 1. The second kappa shape index (κ2) is 11.2. The van der Waals surface area contributed by atoms with Gasteiger partial charge in [-0.25, -0.2) is 5.43 Å². The lowest BCUT2D eigenvalue weighted by molar-refractivity contribution is 0.883. The zero-order valence-corrected chi connectivity index (χ0v) is 20.5. The smallest absolute Gasteiger partial charge is 0.250 e. The topological polar surface area (TPSA) is 78.3 Å². The molecule has 0 aliphatic carbocycles. The molecule has 0 radical (unpaired) electrons. The molecule has 1 aliphatic rings. The minimum Gasteiger partial charge on any atom is -0.341 e. The number of aromatic nitrogens is 3. The highest BCUT2D eigenvalue weighted by Crippen LogP contribution is 2.30. The van der Waals surface area contributed by atoms with Gasteiger partial charge in [-0.15, -0.1) is 0 Å². The van der Waals surface area contributed by atoms with Gasteiger partial charge in [-0.3, -0.25) is 0 Å². The molecule has 5 rings (SSSR count). The molecule has 0 bridgehead atoms. The largest absolute Gasteiger partial charge is 0.341 e. The Hall–Kier alpha value is -3.62. The van der Waals surface area contributed by atoms with Crippen molar-refractivity contribution < 1.29 is 0 Å². The summed E-state index contributed by atoms with van der Waals surface area (Å²) in [5, 5.41) is 8.42. The van der Waals surface area contributed by atoms with Gasteiger partial charge in [-0.05, 0) is 55.3 Å². The second-order valence-electron chi connectivity index (χ2n) is 7.93. The molecule has 9 heteroatoms. The van der Waals surface area contributed by atoms with Crippen molar-refractivity contribution in [2.24, 2.45) is 5.10 Å². The van der Waals surface area contributed by atoms with Crippen LogP contribution in [-0.4, -0.2) is 34.3 Å². The summed E-state index contributed by atoms with van der Waals surface area (Å²) in [7, 11) is 0. The van der Waals surface area contributed by atoms with Crippen molar-refractivity contribution in [2.45, 2.75) is 22.6 Å². The Kier molecular flexibility index (Phi) is 7.41. The maximum absolute atomic E-state index is 6.02. The van der Waals surface area contributed by atoms with Crippen LogP contribution in [0.25, 0.3) is 0 Å². The van der Waals surface area contributed by atoms with E-state index in [4.69, 9.17) is 11.6 Å². The van der Waals surface area contributed by atoms with Crippen molar-refractivity contribution in [3.8, 4) is 0 Å². The van der Waals surface area contributed by atoms with E-state index in [9.17, 15) is 0 Å². The third kappa shape index (κ3) is 6.29. The van der Waals surface area contributed by atoms with Crippen LogP contribution >= 0.6 is 23.4 Å². The fourth-order valence-electron chi connectivity index (χ4n) is 3.65. The van der Waals surface area contributed by atoms with E-state index in [2.05, 4.69) is 41.8 Å². The average molecular weight is 502 g/mol. The van der Waals surface area contributed by atoms with Crippen molar-refractivity contribution in [2.75, 3.05) is 28.7 Å². The highest BCUT2D eigenvalue weighted by molar-refractivity contribution is 7.99. The Balaban J connectivity index is 1.35. The molecule has 0 amide bonds. The molecule has 1 aromatic heterocycles. The summed E-state index contributed by atoms with van der Waals surface area (Å²) in [6.45, 7) is 1.87. The van der Waals surface area contributed by atoms with E-state index in [1.807, 2.05) is 72.8 Å². The minimum atomic E-state index is 0.388. The van der Waals surface area contributed by atoms with E-state index in [0.29, 0.717) is 17.8 Å². The molecular formula is C26H24ClN7S. The molecular weight excluding hydrogens is 478 g/mol. The lowest BCUT2D eigenvalue weighted by atomic mass is 10.2. The summed E-state index contributed by atoms with van der Waals surface area (Å²) >= 11 is 7.68. The van der Waals surface area contributed by atoms with Crippen LogP contribution in [0.4, 0.5) is 23.5 Å². The first kappa shape index (κ1) is 23.1. The number of para-hydroxylation sites is 1. The quantitative estimate of drug-likeness (QED) is 0.212. The van der Waals surface area contributed by atoms with Crippen LogP contribution < -0.4 is 15.6 Å². The van der Waals surface area contributed by atoms with Crippen LogP contribution in [0.3, 0.4) is 0 Å². The third-order valence-corrected chi connectivity index (χ3v) is 6.72. The molecule has 0 unspecified atom stereocenters. The van der Waals surface area contributed by atoms with Gasteiger partial charge in [0.25, 0.3) is 0 Å². The molecule has 0 atom stereocenters. The van der Waals surface area contributed by atoms with Gasteiger partial charge in [-0.1, -0.05) is 59.8 Å². The van der Waals surface area contributed by atoms with E-state index < -0.39 is 0 Å². The molecule has 1 saturated heterocycles. The van der Waals surface area contributed by atoms with Crippen molar-refractivity contribution >= 4 is 53.1 Å². The van der Waals surface area contributed by atoms with Crippen molar-refractivity contribution in [1.29, 1.82) is 0 Å². The van der Waals surface area contributed by atoms with Crippen LogP contribution in [0.2, 0.25) is 5.02 Å². The normalized spacial score (nSPS) is 13.3. The maximum Gasteiger partial charge on any atom is 0.250 e. The first-order valence-corrected chi connectivity index (χ1v) is 12.6. The van der Waals surface area contributed by atoms with E-state index in [1.165, 1.54) is 0 Å². The van der Waals surface area contributed by atoms with E-state index in [0.717, 1.165) is 52.0 Å². The van der Waals surface area contributed by atoms with Crippen LogP contribution in [0.5, 0.6) is 0 Å². The van der Waals surface area contributed by atoms with Crippen LogP contribution in [-0.2, 0) is 0 Å². The Labute approximate surface area is 213 Å². The predicted octanol–water partition coefficient (Wildman–Crippen LogP) is 6.47. The van der Waals surface area contributed by atoms with E-state index in [1.54, 1.807) is 18.0 Å². The van der Waals surface area contributed by atoms with Crippen LogP contribution in [0, 0.1) is 0 Å². The first-order valence-electron chi connectivity index (χ1n) is 11.4. The number of nitrogens with one attached hydrogen (secondary N) is 2. The van der Waals surface area contributed by atoms with Crippen molar-refractivity contribution in [3.05, 3.63) is 89.4 Å². The Morgan fingerprint density at radius 3 is 2.34 bits per heavy atom. The monoisotopic (exact) mass is 501 g/mol. The molecule has 0 spiro atoms. The highest BCUT2D eigenvalue weighted by atomic mass is 35.5. The Bertz CT molecular complexity index is 1290. The summed E-state index contributed by atoms with van der Waals surface area (Å²) in [4.78, 5) is 18.1. The second-order valence-corrected chi connectivity index (χ2v) is 9.48. The average Bonchev–Trinajstić information content (AvgIpc) is 3.42. The fourth-order valence-corrected chi connectivity index (χ4v) is 4.69. The van der Waals surface area contributed by atoms with E-state index >= 15 is 0 Å². The zero-order chi connectivity index (χ0) is 23.9. The minimum absolute atomic E-state index is 0.388. The number of hydrogen-bond donors (Lipinski definition) is 2. The Morgan fingerprint density at radius 2 is 1.54 bits per heavy atom. The molecule has 176 valence electrons. The SMILES string of the molecule is Clc1ccc(Sc2ccccc2/C=N\Nc2nc(Nc3ccccc3)nc(N3CCCC3)n2)cc1. The number of benzene rings is 3. The van der Waals surface area contributed by atoms with Gasteiger partial charge < -0.3 is 10.2 Å². The number of rotatable bonds is 8. The van der Waals surface area contributed by atoms with Gasteiger partial charge in [-0.2, -0.15) is 20.1 Å². The van der Waals surface area contributed by atoms with E-state index in [-0.39, 0.29) is 0 Å². The summed E-state index contributed by atoms with van der Waals surface area (Å²) in [5.74, 6) is 1.51. The molecule has 1 fully saturated rings. The third-order valence-electron chi connectivity index (χ3n) is 5.37. The lowest BCUT2D eigenvalue weighted by Crippen LogP contribution is -2.21. The molecule has 2 heterocycles. The molecule has 2 N–H and O–H groups in total. The molecule has 4 aromatic rings. The van der Waals surface area contributed by atoms with Crippen molar-refractivity contribution in [3.63, 3.8) is 0 Å². The van der Waals surface area contributed by atoms with Gasteiger partial charge in [0.05, 0.1) is 6.21 Å². The maximum atomic E-state index is 6.02. The number of nitrogens with zero attached hydrogens (tertiary/aromatic N) is 5. The summed E-state index contributed by atoms with van der Waals surface area (Å²) in [6.07, 6.45) is 4.05. The summed E-state index contributed by atoms with van der Waals surface area (Å²) in [6, 6.07) is 25.7. The Morgan fingerprint density at radius 1 is 0.829 bits per heavy atom. The number of halogens is 1. The lowest BCUT2D eigenvalue weighted by Gasteiger charge is -2.16. The zero-order valence-electron chi connectivity index (χ0n) is 18.9. The van der Waals surface area contributed by atoms with Gasteiger partial charge in [0.2, 0.25) is 17.8 Å². The summed E-state index contributed by atoms with van der Waals surface area (Å²) in [5.41, 5.74) is 4.89. The number of anilines is 4. The van der Waals surface area contributed by atoms with Crippen LogP contribution in [0.1, 0.15) is 18.4 Å². The summed E-state index contributed by atoms with van der Waals surface area (Å²) < 4.78 is 0. The standard InChI is InChI=1S/C26H24ClN7S/c27-20-12-14-22(15-13-20)35-23-11-5-4-8-19(23)18-28-33-25-30-24(29-21-9-2-1-3-10-21)31-26(32-25)34-16-6-7-17-34/h1-5,8-15,18H,6-7,16-17H2,(H2,29,30,31,32,33)/b28-18-. The van der Waals surface area contributed by atoms with Gasteiger partial charge in [0, 0.05) is 39.2 Å². The molecule has 7 nitrogen and oxygen atoms in total. The van der Waals surface area contributed by atoms with Crippen molar-refractivity contribution in [1.82, 2.24) is 15.0 Å². The number of hydrogen-bond acceptors (Lipinski definition) is 8. The molecule has 1 aliphatic heterocycles. The molecule has 35 heavy (non-hydrogen) atoms. The molecule has 3 aromatic carbocycles. The predicted molar refractivity (Wildman–Crippen MR) is 144 cm³/mol. The van der Waals surface area contributed by atoms with Gasteiger partial charge in [0.15, 0.2) is 0 Å². The fraction of sp³-hybridized carbons (Fsp3) is 0.154. The molecule has 0 saturated carbocycles. The van der Waals surface area contributed by atoms with Crippen LogP contribution in [0.15, 0.2) is 93.8 Å². The van der Waals surface area contributed by atoms with Gasteiger partial charge in [0.1, 0.15) is 0 Å². The highest BCUT2D eigenvalue weighted by Gasteiger charge is 2.17. The first-order chi connectivity index (χ1) is 17.2. The van der Waals surface area contributed by atoms with Gasteiger partial charge >= 0.3 is 0 Å².